The van der Waals surface area contributed by atoms with E-state index >= 15 is 0 Å². The van der Waals surface area contributed by atoms with Crippen molar-refractivity contribution in [3.8, 4) is 5.69 Å². The van der Waals surface area contributed by atoms with Crippen molar-refractivity contribution in [2.45, 2.75) is 6.92 Å². The summed E-state index contributed by atoms with van der Waals surface area (Å²) < 4.78 is 31.6. The van der Waals surface area contributed by atoms with Crippen molar-refractivity contribution in [1.29, 1.82) is 0 Å². The number of amides is 1. The Bertz CT molecular complexity index is 763. The van der Waals surface area contributed by atoms with E-state index in [4.69, 9.17) is 5.48 Å². The molecule has 6 nitrogen and oxygen atoms in total. The molecular formula is C12H11N3O3. The molecular weight excluding hydrogens is 234 g/mol. The fourth-order valence-corrected chi connectivity index (χ4v) is 1.44. The Labute approximate surface area is 109 Å². The Morgan fingerprint density at radius 1 is 1.44 bits per heavy atom. The third kappa shape index (κ3) is 2.37. The Balaban J connectivity index is 2.66. The van der Waals surface area contributed by atoms with Crippen molar-refractivity contribution in [3.63, 3.8) is 0 Å². The number of carbonyl (C=O) groups excluding carboxylic acids is 1. The summed E-state index contributed by atoms with van der Waals surface area (Å²) in [5.41, 5.74) is -0.238. The molecule has 0 aliphatic heterocycles. The second-order valence-corrected chi connectivity index (χ2v) is 3.45. The van der Waals surface area contributed by atoms with E-state index in [-0.39, 0.29) is 29.4 Å². The molecule has 1 aromatic carbocycles. The van der Waals surface area contributed by atoms with Gasteiger partial charge in [0.2, 0.25) is 5.91 Å². The van der Waals surface area contributed by atoms with Gasteiger partial charge in [0.1, 0.15) is 5.69 Å². The molecule has 0 unspecified atom stereocenters. The third-order valence-electron chi connectivity index (χ3n) is 2.14. The van der Waals surface area contributed by atoms with Gasteiger partial charge in [-0.3, -0.25) is 14.9 Å². The highest BCUT2D eigenvalue weighted by Gasteiger charge is 2.15. The molecule has 0 atom stereocenters. The summed E-state index contributed by atoms with van der Waals surface area (Å²) in [6.07, 6.45) is -0.754. The Morgan fingerprint density at radius 2 is 2.11 bits per heavy atom. The average molecular weight is 249 g/mol. The molecule has 1 N–H and O–H groups in total. The lowest BCUT2D eigenvalue weighted by Gasteiger charge is -2.07. The topological polar surface area (TPSA) is 77.2 Å². The molecule has 18 heavy (non-hydrogen) atoms. The van der Waals surface area contributed by atoms with Gasteiger partial charge in [-0.05, 0) is 24.2 Å². The summed E-state index contributed by atoms with van der Waals surface area (Å²) in [5, 5.41) is 13.3. The monoisotopic (exact) mass is 249 g/mol. The summed E-state index contributed by atoms with van der Waals surface area (Å²) in [5.74, 6) is -0.507. The van der Waals surface area contributed by atoms with Gasteiger partial charge in [0, 0.05) is 31.0 Å². The molecule has 0 saturated carbocycles. The molecule has 0 aliphatic carbocycles. The number of nitrogens with zero attached hydrogens (tertiary/aromatic N) is 2. The third-order valence-corrected chi connectivity index (χ3v) is 2.14. The van der Waals surface area contributed by atoms with Crippen LogP contribution >= 0.6 is 0 Å². The van der Waals surface area contributed by atoms with Gasteiger partial charge in [0.05, 0.1) is 10.4 Å². The van der Waals surface area contributed by atoms with E-state index in [1.807, 2.05) is 0 Å². The predicted molar refractivity (Wildman–Crippen MR) is 66.7 cm³/mol. The van der Waals surface area contributed by atoms with Gasteiger partial charge in [-0.2, -0.15) is 0 Å². The Kier molecular flexibility index (Phi) is 2.00. The number of hydrogen-bond donors (Lipinski definition) is 1. The summed E-state index contributed by atoms with van der Waals surface area (Å²) in [7, 11) is 0. The molecule has 0 saturated heterocycles. The number of aromatic nitrogens is 1. The van der Waals surface area contributed by atoms with Gasteiger partial charge in [-0.1, -0.05) is 0 Å². The van der Waals surface area contributed by atoms with Gasteiger partial charge < -0.3 is 9.88 Å². The van der Waals surface area contributed by atoms with Crippen LogP contribution in [0.2, 0.25) is 0 Å². The largest absolute Gasteiger partial charge is 0.324 e. The number of nitro groups is 1. The Hall–Kier alpha value is -2.63. The smallest absolute Gasteiger partial charge is 0.292 e. The number of rotatable bonds is 3. The van der Waals surface area contributed by atoms with Crippen molar-refractivity contribution in [2.75, 3.05) is 5.32 Å². The maximum atomic E-state index is 11.2. The first-order chi connectivity index (χ1) is 10.2. The molecule has 0 fully saturated rings. The molecule has 0 bridgehead atoms. The van der Waals surface area contributed by atoms with Crippen LogP contribution in [0.3, 0.4) is 0 Å². The van der Waals surface area contributed by atoms with Gasteiger partial charge in [-0.15, -0.1) is 0 Å². The van der Waals surface area contributed by atoms with Crippen LogP contribution in [0.15, 0.2) is 42.6 Å². The molecule has 0 spiro atoms. The average Bonchev–Trinajstić information content (AvgIpc) is 2.62. The summed E-state index contributed by atoms with van der Waals surface area (Å²) >= 11 is 0. The first kappa shape index (κ1) is 7.65. The van der Waals surface area contributed by atoms with Crippen molar-refractivity contribution in [3.05, 3.63) is 52.7 Å². The SMILES string of the molecule is [2H]c1c([2H])c([2H])n(-c2ccc([N+](=O)[O-])c(NC(C)=O)c2)c1[2H]. The van der Waals surface area contributed by atoms with E-state index < -0.39 is 22.9 Å². The number of nitro benzene ring substituents is 1. The van der Waals surface area contributed by atoms with E-state index in [9.17, 15) is 14.9 Å². The van der Waals surface area contributed by atoms with Crippen LogP contribution in [0.25, 0.3) is 5.69 Å². The molecule has 1 amide bonds. The zero-order valence-electron chi connectivity index (χ0n) is 13.4. The maximum absolute atomic E-state index is 11.2. The number of hydrogen-bond acceptors (Lipinski definition) is 3. The van der Waals surface area contributed by atoms with Crippen molar-refractivity contribution in [1.82, 2.24) is 4.57 Å². The van der Waals surface area contributed by atoms with Gasteiger partial charge in [0.25, 0.3) is 5.69 Å². The second kappa shape index (κ2) is 4.70. The summed E-state index contributed by atoms with van der Waals surface area (Å²) in [6.45, 7) is 1.20. The predicted octanol–water partition coefficient (Wildman–Crippen LogP) is 2.34. The normalized spacial score (nSPS) is 13.2. The fourth-order valence-electron chi connectivity index (χ4n) is 1.44. The van der Waals surface area contributed by atoms with Crippen molar-refractivity contribution >= 4 is 17.3 Å². The van der Waals surface area contributed by atoms with Crippen LogP contribution in [0, 0.1) is 10.1 Å². The van der Waals surface area contributed by atoms with Crippen LogP contribution in [-0.4, -0.2) is 15.4 Å². The molecule has 1 heterocycles. The summed E-state index contributed by atoms with van der Waals surface area (Å²) in [6, 6.07) is 2.83. The molecule has 92 valence electrons. The lowest BCUT2D eigenvalue weighted by molar-refractivity contribution is -0.383. The van der Waals surface area contributed by atoms with E-state index in [0.29, 0.717) is 0 Å². The quantitative estimate of drug-likeness (QED) is 0.670. The van der Waals surface area contributed by atoms with E-state index in [0.717, 1.165) is 10.6 Å². The van der Waals surface area contributed by atoms with Gasteiger partial charge >= 0.3 is 0 Å². The zero-order chi connectivity index (χ0) is 16.6. The van der Waals surface area contributed by atoms with Crippen LogP contribution in [0.1, 0.15) is 12.4 Å². The zero-order valence-corrected chi connectivity index (χ0v) is 9.35. The highest BCUT2D eigenvalue weighted by molar-refractivity contribution is 5.91. The van der Waals surface area contributed by atoms with E-state index in [1.165, 1.54) is 19.1 Å². The highest BCUT2D eigenvalue weighted by Crippen LogP contribution is 2.27. The van der Waals surface area contributed by atoms with Crippen LogP contribution in [0.4, 0.5) is 11.4 Å². The first-order valence-electron chi connectivity index (χ1n) is 6.95. The molecule has 0 radical (unpaired) electrons. The number of benzene rings is 1. The van der Waals surface area contributed by atoms with E-state index in [2.05, 4.69) is 5.32 Å². The lowest BCUT2D eigenvalue weighted by Crippen LogP contribution is -2.08. The highest BCUT2D eigenvalue weighted by atomic mass is 16.6. The van der Waals surface area contributed by atoms with E-state index in [1.54, 1.807) is 0 Å². The minimum absolute atomic E-state index is 0.0828. The maximum Gasteiger partial charge on any atom is 0.292 e. The van der Waals surface area contributed by atoms with Crippen LogP contribution in [0.5, 0.6) is 0 Å². The van der Waals surface area contributed by atoms with Gasteiger partial charge in [-0.25, -0.2) is 0 Å². The number of nitrogens with one attached hydrogen (secondary N) is 1. The van der Waals surface area contributed by atoms with Crippen molar-refractivity contribution < 1.29 is 15.2 Å². The van der Waals surface area contributed by atoms with Crippen molar-refractivity contribution in [2.24, 2.45) is 0 Å². The van der Waals surface area contributed by atoms with Gasteiger partial charge in [0.15, 0.2) is 0 Å². The number of carbonyl (C=O) groups is 1. The van der Waals surface area contributed by atoms with Crippen LogP contribution < -0.4 is 5.32 Å². The minimum atomic E-state index is -0.667. The standard InChI is InChI=1S/C12H11N3O3/c1-9(16)13-11-8-10(14-6-2-3-7-14)4-5-12(11)15(17)18/h2-8H,1H3,(H,13,16)/i2D,3D,6D,7D. The fraction of sp³-hybridized carbons (Fsp3) is 0.0833. The molecule has 1 aromatic heterocycles. The molecule has 2 aromatic rings. The molecule has 6 heteroatoms. The van der Waals surface area contributed by atoms with Crippen LogP contribution in [-0.2, 0) is 4.79 Å². The molecule has 0 aliphatic rings. The minimum Gasteiger partial charge on any atom is -0.324 e. The number of anilines is 1. The first-order valence-corrected chi connectivity index (χ1v) is 4.95. The Morgan fingerprint density at radius 3 is 2.67 bits per heavy atom. The second-order valence-electron chi connectivity index (χ2n) is 3.45. The lowest BCUT2D eigenvalue weighted by atomic mass is 10.2. The molecule has 2 rings (SSSR count). The summed E-state index contributed by atoms with van der Waals surface area (Å²) in [4.78, 5) is 21.4.